The maximum absolute atomic E-state index is 12.3. The molecule has 122 valence electrons. The molecule has 22 heavy (non-hydrogen) atoms. The lowest BCUT2D eigenvalue weighted by Crippen LogP contribution is -2.62. The highest BCUT2D eigenvalue weighted by Gasteiger charge is 2.76. The normalized spacial score (nSPS) is 50.0. The lowest BCUT2D eigenvalue weighted by molar-refractivity contribution is -0.225. The third-order valence-electron chi connectivity index (χ3n) is 7.11. The van der Waals surface area contributed by atoms with E-state index in [0.717, 1.165) is 38.5 Å². The molecule has 0 aromatic rings. The molecule has 4 fully saturated rings. The Hall–Kier alpha value is -1.10. The highest BCUT2D eigenvalue weighted by atomic mass is 16.6. The van der Waals surface area contributed by atoms with E-state index in [1.807, 2.05) is 0 Å². The summed E-state index contributed by atoms with van der Waals surface area (Å²) in [6.45, 7) is 0. The van der Waals surface area contributed by atoms with E-state index in [9.17, 15) is 19.8 Å². The van der Waals surface area contributed by atoms with Crippen LogP contribution in [0.1, 0.15) is 64.2 Å². The summed E-state index contributed by atoms with van der Waals surface area (Å²) in [5.41, 5.74) is -2.98. The van der Waals surface area contributed by atoms with Crippen LogP contribution in [0.4, 0.5) is 0 Å². The van der Waals surface area contributed by atoms with Gasteiger partial charge in [-0.1, -0.05) is 12.8 Å². The summed E-state index contributed by atoms with van der Waals surface area (Å²) in [6, 6.07) is 0. The van der Waals surface area contributed by atoms with Crippen molar-refractivity contribution in [2.45, 2.75) is 75.4 Å². The van der Waals surface area contributed by atoms with Gasteiger partial charge in [0.1, 0.15) is 5.41 Å². The number of rotatable bonds is 2. The van der Waals surface area contributed by atoms with Crippen molar-refractivity contribution in [3.05, 3.63) is 0 Å². The van der Waals surface area contributed by atoms with Crippen molar-refractivity contribution >= 4 is 11.9 Å². The summed E-state index contributed by atoms with van der Waals surface area (Å²) in [7, 11) is 0. The standard InChI is InChI=1S/C17H24O5/c18-13(19)15-8-3-9-16(10-15,14(20)21)22-17(15)11-4-1-5-12(17)7-2-6-11/h11-12H,1-10H2,(H,18,19)(H,20,21)/t11?,12?,15-,16+,17?/m1/s1. The summed E-state index contributed by atoms with van der Waals surface area (Å²) < 4.78 is 6.41. The van der Waals surface area contributed by atoms with Crippen molar-refractivity contribution < 1.29 is 24.5 Å². The monoisotopic (exact) mass is 308 g/mol. The molecule has 5 nitrogen and oxygen atoms in total. The van der Waals surface area contributed by atoms with Gasteiger partial charge in [-0.15, -0.1) is 0 Å². The number of aliphatic carboxylic acids is 2. The number of hydrogen-bond donors (Lipinski definition) is 2. The number of carbonyl (C=O) groups is 2. The Bertz CT molecular complexity index is 507. The molecule has 0 aromatic heterocycles. The molecule has 3 aliphatic carbocycles. The summed E-state index contributed by atoms with van der Waals surface area (Å²) >= 11 is 0. The van der Waals surface area contributed by atoms with Gasteiger partial charge in [0.05, 0.1) is 5.60 Å². The molecule has 5 heteroatoms. The summed E-state index contributed by atoms with van der Waals surface area (Å²) in [5, 5.41) is 19.9. The predicted molar refractivity (Wildman–Crippen MR) is 77.4 cm³/mol. The van der Waals surface area contributed by atoms with Gasteiger partial charge in [-0.2, -0.15) is 0 Å². The van der Waals surface area contributed by atoms with Crippen LogP contribution < -0.4 is 0 Å². The second-order valence-electron chi connectivity index (χ2n) is 7.87. The lowest BCUT2D eigenvalue weighted by atomic mass is 9.49. The van der Waals surface area contributed by atoms with Gasteiger partial charge in [-0.3, -0.25) is 4.79 Å². The summed E-state index contributed by atoms with van der Waals surface area (Å²) in [5.74, 6) is -1.35. The number of ether oxygens (including phenoxy) is 1. The van der Waals surface area contributed by atoms with Crippen molar-refractivity contribution in [3.63, 3.8) is 0 Å². The van der Waals surface area contributed by atoms with E-state index in [4.69, 9.17) is 4.74 Å². The molecule has 4 rings (SSSR count). The molecule has 4 aliphatic rings. The number of carboxylic acids is 2. The molecule has 0 radical (unpaired) electrons. The van der Waals surface area contributed by atoms with E-state index in [-0.39, 0.29) is 18.3 Å². The zero-order valence-electron chi connectivity index (χ0n) is 12.8. The predicted octanol–water partition coefficient (Wildman–Crippen LogP) is 2.82. The average Bonchev–Trinajstić information content (AvgIpc) is 2.66. The number of fused-ring (bicyclic) bond motifs is 2. The van der Waals surface area contributed by atoms with Crippen molar-refractivity contribution in [1.82, 2.24) is 0 Å². The Morgan fingerprint density at radius 3 is 1.95 bits per heavy atom. The first-order chi connectivity index (χ1) is 10.5. The second-order valence-corrected chi connectivity index (χ2v) is 7.87. The topological polar surface area (TPSA) is 83.8 Å². The Labute approximate surface area is 130 Å². The summed E-state index contributed by atoms with van der Waals surface area (Å²) in [4.78, 5) is 24.3. The van der Waals surface area contributed by atoms with Crippen LogP contribution in [-0.4, -0.2) is 33.4 Å². The van der Waals surface area contributed by atoms with E-state index >= 15 is 0 Å². The van der Waals surface area contributed by atoms with Crippen molar-refractivity contribution in [3.8, 4) is 0 Å². The van der Waals surface area contributed by atoms with Crippen LogP contribution in [0, 0.1) is 17.3 Å². The minimum atomic E-state index is -1.26. The van der Waals surface area contributed by atoms with Crippen LogP contribution in [-0.2, 0) is 14.3 Å². The SMILES string of the molecule is O=C(O)[C@]12CCC[C@](C(=O)O)(C1)C1(O2)C2CCCC1CCC2. The average molecular weight is 308 g/mol. The van der Waals surface area contributed by atoms with E-state index in [0.29, 0.717) is 19.3 Å². The fourth-order valence-corrected chi connectivity index (χ4v) is 6.41. The molecule has 0 amide bonds. The molecule has 0 unspecified atom stereocenters. The molecular formula is C17H24O5. The zero-order valence-corrected chi connectivity index (χ0v) is 12.8. The Kier molecular flexibility index (Phi) is 2.94. The molecule has 1 saturated heterocycles. The Morgan fingerprint density at radius 1 is 0.864 bits per heavy atom. The van der Waals surface area contributed by atoms with Gasteiger partial charge in [0, 0.05) is 6.42 Å². The minimum Gasteiger partial charge on any atom is -0.481 e. The Balaban J connectivity index is 1.90. The van der Waals surface area contributed by atoms with Gasteiger partial charge in [0.15, 0.2) is 5.60 Å². The molecular weight excluding hydrogens is 284 g/mol. The van der Waals surface area contributed by atoms with Crippen molar-refractivity contribution in [2.24, 2.45) is 17.3 Å². The van der Waals surface area contributed by atoms with Gasteiger partial charge in [-0.25, -0.2) is 4.79 Å². The van der Waals surface area contributed by atoms with Crippen LogP contribution in [0.15, 0.2) is 0 Å². The van der Waals surface area contributed by atoms with Gasteiger partial charge in [0.2, 0.25) is 0 Å². The minimum absolute atomic E-state index is 0.164. The third kappa shape index (κ3) is 1.48. The fraction of sp³-hybridized carbons (Fsp3) is 0.882. The molecule has 1 aliphatic heterocycles. The van der Waals surface area contributed by atoms with Gasteiger partial charge in [-0.05, 0) is 56.8 Å². The van der Waals surface area contributed by atoms with Crippen molar-refractivity contribution in [2.75, 3.05) is 0 Å². The molecule has 3 saturated carbocycles. The molecule has 2 atom stereocenters. The molecule has 1 heterocycles. The van der Waals surface area contributed by atoms with E-state index in [2.05, 4.69) is 0 Å². The fourth-order valence-electron chi connectivity index (χ4n) is 6.41. The van der Waals surface area contributed by atoms with E-state index < -0.39 is 28.6 Å². The maximum Gasteiger partial charge on any atom is 0.336 e. The number of hydrogen-bond acceptors (Lipinski definition) is 3. The second kappa shape index (κ2) is 4.47. The quantitative estimate of drug-likeness (QED) is 0.819. The largest absolute Gasteiger partial charge is 0.481 e. The smallest absolute Gasteiger partial charge is 0.336 e. The van der Waals surface area contributed by atoms with Crippen LogP contribution in [0.25, 0.3) is 0 Å². The number of carboxylic acid groups (broad SMARTS) is 2. The zero-order chi connectivity index (χ0) is 15.6. The van der Waals surface area contributed by atoms with Crippen LogP contribution >= 0.6 is 0 Å². The van der Waals surface area contributed by atoms with Gasteiger partial charge in [0.25, 0.3) is 0 Å². The van der Waals surface area contributed by atoms with E-state index in [1.54, 1.807) is 0 Å². The van der Waals surface area contributed by atoms with Gasteiger partial charge < -0.3 is 14.9 Å². The van der Waals surface area contributed by atoms with Crippen molar-refractivity contribution in [1.29, 1.82) is 0 Å². The highest BCUT2D eigenvalue weighted by molar-refractivity contribution is 5.84. The van der Waals surface area contributed by atoms with Crippen LogP contribution in [0.5, 0.6) is 0 Å². The first-order valence-electron chi connectivity index (χ1n) is 8.64. The van der Waals surface area contributed by atoms with Crippen LogP contribution in [0.3, 0.4) is 0 Å². The first-order valence-corrected chi connectivity index (χ1v) is 8.64. The molecule has 0 aromatic carbocycles. The summed E-state index contributed by atoms with van der Waals surface area (Å²) in [6.07, 6.45) is 8.03. The van der Waals surface area contributed by atoms with Crippen LogP contribution in [0.2, 0.25) is 0 Å². The highest BCUT2D eigenvalue weighted by Crippen LogP contribution is 2.69. The molecule has 1 spiro atoms. The third-order valence-corrected chi connectivity index (χ3v) is 7.11. The first kappa shape index (κ1) is 14.5. The maximum atomic E-state index is 12.3. The lowest BCUT2D eigenvalue weighted by Gasteiger charge is -2.56. The molecule has 4 bridgehead atoms. The Morgan fingerprint density at radius 2 is 1.45 bits per heavy atom. The van der Waals surface area contributed by atoms with E-state index in [1.165, 1.54) is 0 Å². The molecule has 2 N–H and O–H groups in total. The van der Waals surface area contributed by atoms with Gasteiger partial charge >= 0.3 is 11.9 Å².